The first-order chi connectivity index (χ1) is 7.16. The van der Waals surface area contributed by atoms with Crippen LogP contribution in [0.2, 0.25) is 0 Å². The summed E-state index contributed by atoms with van der Waals surface area (Å²) in [4.78, 5) is 3.98. The SMILES string of the molecule is Nc1ccc(O)c(C[s+]2ccnc2N)c1. The van der Waals surface area contributed by atoms with Gasteiger partial charge in [0.15, 0.2) is 11.1 Å². The molecule has 5 heteroatoms. The van der Waals surface area contributed by atoms with Crippen LogP contribution < -0.4 is 11.5 Å². The number of thiazole rings is 1. The molecule has 0 saturated carbocycles. The fourth-order valence-electron chi connectivity index (χ4n) is 1.33. The Bertz CT molecular complexity index is 481. The van der Waals surface area contributed by atoms with E-state index in [1.807, 2.05) is 5.38 Å². The Morgan fingerprint density at radius 2 is 2.13 bits per heavy atom. The predicted molar refractivity (Wildman–Crippen MR) is 62.7 cm³/mol. The summed E-state index contributed by atoms with van der Waals surface area (Å²) in [6.45, 7) is 0. The van der Waals surface area contributed by atoms with Crippen molar-refractivity contribution in [3.63, 3.8) is 0 Å². The van der Waals surface area contributed by atoms with Gasteiger partial charge in [-0.3, -0.25) is 0 Å². The van der Waals surface area contributed by atoms with Crippen LogP contribution in [0.5, 0.6) is 5.75 Å². The van der Waals surface area contributed by atoms with Gasteiger partial charge < -0.3 is 16.6 Å². The van der Waals surface area contributed by atoms with Gasteiger partial charge in [-0.1, -0.05) is 0 Å². The summed E-state index contributed by atoms with van der Waals surface area (Å²) >= 11 is 0. The number of nitrogen functional groups attached to an aromatic ring is 2. The molecule has 5 N–H and O–H groups in total. The molecule has 0 radical (unpaired) electrons. The molecule has 0 aliphatic rings. The van der Waals surface area contributed by atoms with Crippen LogP contribution >= 0.6 is 10.5 Å². The maximum Gasteiger partial charge on any atom is 0.337 e. The van der Waals surface area contributed by atoms with Gasteiger partial charge in [0, 0.05) is 21.7 Å². The van der Waals surface area contributed by atoms with Crippen LogP contribution in [0.1, 0.15) is 5.56 Å². The van der Waals surface area contributed by atoms with Crippen molar-refractivity contribution in [1.29, 1.82) is 0 Å². The first kappa shape index (κ1) is 9.79. The maximum absolute atomic E-state index is 9.63. The zero-order valence-corrected chi connectivity index (χ0v) is 8.87. The third-order valence-electron chi connectivity index (χ3n) is 2.11. The van der Waals surface area contributed by atoms with Crippen LogP contribution in [-0.4, -0.2) is 10.1 Å². The minimum atomic E-state index is -0.210. The molecule has 1 unspecified atom stereocenters. The zero-order valence-electron chi connectivity index (χ0n) is 8.05. The lowest BCUT2D eigenvalue weighted by atomic mass is 10.2. The fraction of sp³-hybridized carbons (Fsp3) is 0.100. The third-order valence-corrected chi connectivity index (χ3v) is 3.83. The Kier molecular flexibility index (Phi) is 2.47. The highest BCUT2D eigenvalue weighted by atomic mass is 32.2. The van der Waals surface area contributed by atoms with E-state index in [1.54, 1.807) is 24.4 Å². The molecule has 0 bridgehead atoms. The van der Waals surface area contributed by atoms with Crippen molar-refractivity contribution in [1.82, 2.24) is 4.98 Å². The quantitative estimate of drug-likeness (QED) is 0.410. The van der Waals surface area contributed by atoms with Crippen LogP contribution in [0.4, 0.5) is 10.8 Å². The van der Waals surface area contributed by atoms with Crippen LogP contribution in [0.25, 0.3) is 0 Å². The molecular weight excluding hydrogens is 210 g/mol. The lowest BCUT2D eigenvalue weighted by Gasteiger charge is -2.00. The van der Waals surface area contributed by atoms with Crippen molar-refractivity contribution in [2.45, 2.75) is 5.75 Å². The molecule has 2 aromatic rings. The lowest BCUT2D eigenvalue weighted by molar-refractivity contribution is 0.470. The van der Waals surface area contributed by atoms with Gasteiger partial charge in [0.1, 0.15) is 5.75 Å². The van der Waals surface area contributed by atoms with Crippen molar-refractivity contribution in [2.24, 2.45) is 0 Å². The van der Waals surface area contributed by atoms with Crippen molar-refractivity contribution >= 4 is 21.3 Å². The summed E-state index contributed by atoms with van der Waals surface area (Å²) < 4.78 is 0. The number of phenols is 1. The molecule has 0 saturated heterocycles. The second kappa shape index (κ2) is 3.78. The molecule has 1 aromatic carbocycles. The van der Waals surface area contributed by atoms with Gasteiger partial charge in [-0.15, -0.1) is 0 Å². The molecule has 1 aromatic heterocycles. The largest absolute Gasteiger partial charge is 0.507 e. The van der Waals surface area contributed by atoms with Crippen LogP contribution in [-0.2, 0) is 5.75 Å². The maximum atomic E-state index is 9.63. The normalized spacial score (nSPS) is 11.6. The molecule has 78 valence electrons. The van der Waals surface area contributed by atoms with E-state index in [2.05, 4.69) is 4.98 Å². The Labute approximate surface area is 90.2 Å². The summed E-state index contributed by atoms with van der Waals surface area (Å²) in [5.41, 5.74) is 12.8. The molecule has 4 nitrogen and oxygen atoms in total. The highest BCUT2D eigenvalue weighted by Gasteiger charge is 2.14. The molecular formula is C10H12N3OS+. The second-order valence-corrected chi connectivity index (χ2v) is 5.05. The van der Waals surface area contributed by atoms with E-state index < -0.39 is 0 Å². The van der Waals surface area contributed by atoms with Gasteiger partial charge in [-0.2, -0.15) is 4.98 Å². The molecule has 0 aliphatic carbocycles. The average molecular weight is 222 g/mol. The van der Waals surface area contributed by atoms with Gasteiger partial charge in [0.25, 0.3) is 0 Å². The first-order valence-electron chi connectivity index (χ1n) is 4.44. The number of benzene rings is 1. The van der Waals surface area contributed by atoms with Crippen molar-refractivity contribution in [3.8, 4) is 5.75 Å². The van der Waals surface area contributed by atoms with Crippen molar-refractivity contribution in [2.75, 3.05) is 11.5 Å². The summed E-state index contributed by atoms with van der Waals surface area (Å²) in [5.74, 6) is 0.910. The van der Waals surface area contributed by atoms with E-state index in [1.165, 1.54) is 0 Å². The number of rotatable bonds is 2. The van der Waals surface area contributed by atoms with Crippen LogP contribution in [0.15, 0.2) is 29.8 Å². The zero-order chi connectivity index (χ0) is 10.8. The Morgan fingerprint density at radius 3 is 2.80 bits per heavy atom. The smallest absolute Gasteiger partial charge is 0.337 e. The summed E-state index contributed by atoms with van der Waals surface area (Å²) in [6.07, 6.45) is 1.70. The summed E-state index contributed by atoms with van der Waals surface area (Å²) in [7, 11) is -0.210. The molecule has 0 aliphatic heterocycles. The topological polar surface area (TPSA) is 85.2 Å². The van der Waals surface area contributed by atoms with E-state index >= 15 is 0 Å². The van der Waals surface area contributed by atoms with E-state index in [0.29, 0.717) is 16.6 Å². The minimum absolute atomic E-state index is 0.210. The Balaban J connectivity index is 2.32. The monoisotopic (exact) mass is 222 g/mol. The lowest BCUT2D eigenvalue weighted by Crippen LogP contribution is -1.90. The van der Waals surface area contributed by atoms with E-state index in [-0.39, 0.29) is 16.2 Å². The molecule has 1 atom stereocenters. The number of nitrogens with two attached hydrogens (primary N) is 2. The number of hydrogen-bond donors (Lipinski definition) is 3. The third kappa shape index (κ3) is 2.02. The predicted octanol–water partition coefficient (Wildman–Crippen LogP) is 1.75. The van der Waals surface area contributed by atoms with Crippen LogP contribution in [0.3, 0.4) is 0 Å². The first-order valence-corrected chi connectivity index (χ1v) is 5.89. The molecule has 15 heavy (non-hydrogen) atoms. The average Bonchev–Trinajstić information content (AvgIpc) is 2.58. The van der Waals surface area contributed by atoms with Crippen molar-refractivity contribution < 1.29 is 5.11 Å². The summed E-state index contributed by atoms with van der Waals surface area (Å²) in [6, 6.07) is 5.03. The number of nitrogens with zero attached hydrogens (tertiary/aromatic N) is 1. The standard InChI is InChI=1S/C10H11N3OS/c11-8-1-2-9(14)7(5-8)6-15-4-3-13-10(15)12/h1-5H,6,11H2,(H2-,12,13,14)/p+1. The van der Waals surface area contributed by atoms with E-state index in [9.17, 15) is 5.11 Å². The second-order valence-electron chi connectivity index (χ2n) is 3.21. The minimum Gasteiger partial charge on any atom is -0.507 e. The Morgan fingerprint density at radius 1 is 1.33 bits per heavy atom. The highest BCUT2D eigenvalue weighted by molar-refractivity contribution is 7.32. The number of phenolic OH excluding ortho intramolecular Hbond substituents is 1. The molecule has 1 heterocycles. The number of aromatic hydroxyl groups is 1. The summed E-state index contributed by atoms with van der Waals surface area (Å²) in [5, 5.41) is 12.2. The van der Waals surface area contributed by atoms with Gasteiger partial charge >= 0.3 is 5.13 Å². The van der Waals surface area contributed by atoms with Crippen LogP contribution in [0, 0.1) is 0 Å². The molecule has 0 amide bonds. The van der Waals surface area contributed by atoms with Gasteiger partial charge in [-0.25, -0.2) is 0 Å². The molecule has 2 rings (SSSR count). The number of anilines is 2. The van der Waals surface area contributed by atoms with E-state index in [0.717, 1.165) is 5.56 Å². The van der Waals surface area contributed by atoms with Crippen molar-refractivity contribution in [3.05, 3.63) is 35.3 Å². The number of aromatic nitrogens is 1. The number of hydrogen-bond acceptors (Lipinski definition) is 4. The molecule has 0 fully saturated rings. The highest BCUT2D eigenvalue weighted by Crippen LogP contribution is 2.32. The van der Waals surface area contributed by atoms with Gasteiger partial charge in [0.05, 0.1) is 6.20 Å². The Hall–Kier alpha value is -1.75. The van der Waals surface area contributed by atoms with Gasteiger partial charge in [0.2, 0.25) is 0 Å². The van der Waals surface area contributed by atoms with Gasteiger partial charge in [-0.05, 0) is 18.2 Å². The molecule has 0 spiro atoms. The van der Waals surface area contributed by atoms with E-state index in [4.69, 9.17) is 11.5 Å². The fourth-order valence-corrected chi connectivity index (χ4v) is 2.68.